The van der Waals surface area contributed by atoms with Crippen molar-refractivity contribution in [1.82, 2.24) is 10.9 Å². The van der Waals surface area contributed by atoms with Gasteiger partial charge in [0, 0.05) is 6.08 Å². The lowest BCUT2D eigenvalue weighted by Gasteiger charge is -2.04. The number of carbonyl (C=O) groups is 2. The molecule has 1 aliphatic heterocycles. The predicted octanol–water partition coefficient (Wildman–Crippen LogP) is -0.715. The van der Waals surface area contributed by atoms with Gasteiger partial charge < -0.3 is 0 Å². The molecule has 0 unspecified atom stereocenters. The summed E-state index contributed by atoms with van der Waals surface area (Å²) in [5.74, 6) is -1.09. The first kappa shape index (κ1) is 6.10. The van der Waals surface area contributed by atoms with Crippen molar-refractivity contribution in [2.24, 2.45) is 0 Å². The van der Waals surface area contributed by atoms with E-state index in [4.69, 9.17) is 11.6 Å². The van der Waals surface area contributed by atoms with Crippen molar-refractivity contribution in [1.29, 1.82) is 0 Å². The number of halogens is 1. The summed E-state index contributed by atoms with van der Waals surface area (Å²) >= 11 is 5.22. The van der Waals surface area contributed by atoms with Crippen LogP contribution in [0.4, 0.5) is 0 Å². The first-order chi connectivity index (χ1) is 4.20. The van der Waals surface area contributed by atoms with Gasteiger partial charge in [-0.2, -0.15) is 0 Å². The van der Waals surface area contributed by atoms with Crippen LogP contribution in [-0.2, 0) is 9.59 Å². The summed E-state index contributed by atoms with van der Waals surface area (Å²) in [5.41, 5.74) is 4.99. The molecular formula is C4H2ClN2O2. The maximum absolute atomic E-state index is 10.4. The maximum atomic E-state index is 10.4. The molecule has 0 bridgehead atoms. The zero-order chi connectivity index (χ0) is 6.85. The highest BCUT2D eigenvalue weighted by Gasteiger charge is 2.16. The number of amides is 2. The number of hydrogen-bond acceptors (Lipinski definition) is 2. The number of carbonyl (C=O) groups excluding carboxylic acids is 2. The Labute approximate surface area is 55.8 Å². The van der Waals surface area contributed by atoms with Crippen LogP contribution in [-0.4, -0.2) is 11.8 Å². The average Bonchev–Trinajstić information content (AvgIpc) is 1.80. The fourth-order valence-corrected chi connectivity index (χ4v) is 0.510. The van der Waals surface area contributed by atoms with Gasteiger partial charge in [-0.25, -0.2) is 5.43 Å². The van der Waals surface area contributed by atoms with E-state index >= 15 is 0 Å². The summed E-state index contributed by atoms with van der Waals surface area (Å²) < 4.78 is 0. The Hall–Kier alpha value is -1.03. The lowest BCUT2D eigenvalue weighted by atomic mass is 10.4. The smallest absolute Gasteiger partial charge is 0.268 e. The molecule has 1 radical (unpaired) electrons. The molecular weight excluding hydrogens is 144 g/mol. The third kappa shape index (κ3) is 1.20. The van der Waals surface area contributed by atoms with Crippen LogP contribution in [0.15, 0.2) is 11.1 Å². The Bertz CT molecular complexity index is 199. The standard InChI is InChI=1S/C4H2ClN2O2/c5-2-1-3(8)6-7-4(2)9/h1H,(H,6,8). The molecule has 0 fully saturated rings. The van der Waals surface area contributed by atoms with Crippen molar-refractivity contribution in [3.05, 3.63) is 11.1 Å². The summed E-state index contributed by atoms with van der Waals surface area (Å²) in [4.78, 5) is 20.7. The van der Waals surface area contributed by atoms with Crippen molar-refractivity contribution in [2.45, 2.75) is 0 Å². The fraction of sp³-hybridized carbons (Fsp3) is 0. The van der Waals surface area contributed by atoms with Crippen LogP contribution in [0.25, 0.3) is 0 Å². The summed E-state index contributed by atoms with van der Waals surface area (Å²) in [6.07, 6.45) is 0.983. The zero-order valence-electron chi connectivity index (χ0n) is 4.22. The van der Waals surface area contributed by atoms with Gasteiger partial charge in [0.05, 0.1) is 0 Å². The second kappa shape index (κ2) is 2.06. The van der Waals surface area contributed by atoms with E-state index in [1.54, 1.807) is 0 Å². The molecule has 1 aliphatic rings. The Morgan fingerprint density at radius 2 is 2.22 bits per heavy atom. The largest absolute Gasteiger partial charge is 0.305 e. The fourth-order valence-electron chi connectivity index (χ4n) is 0.368. The molecule has 1 heterocycles. The van der Waals surface area contributed by atoms with E-state index in [0.29, 0.717) is 0 Å². The molecule has 0 saturated carbocycles. The van der Waals surface area contributed by atoms with Gasteiger partial charge in [0.2, 0.25) is 0 Å². The lowest BCUT2D eigenvalue weighted by molar-refractivity contribution is -0.126. The van der Waals surface area contributed by atoms with Crippen LogP contribution in [0.3, 0.4) is 0 Å². The molecule has 0 spiro atoms. The Morgan fingerprint density at radius 1 is 1.56 bits per heavy atom. The van der Waals surface area contributed by atoms with Crippen molar-refractivity contribution in [3.8, 4) is 0 Å². The monoisotopic (exact) mass is 145 g/mol. The average molecular weight is 146 g/mol. The molecule has 1 N–H and O–H groups in total. The predicted molar refractivity (Wildman–Crippen MR) is 29.2 cm³/mol. The van der Waals surface area contributed by atoms with Crippen molar-refractivity contribution in [2.75, 3.05) is 0 Å². The Kier molecular flexibility index (Phi) is 1.40. The molecule has 0 saturated heterocycles. The molecule has 9 heavy (non-hydrogen) atoms. The van der Waals surface area contributed by atoms with E-state index in [2.05, 4.69) is 5.43 Å². The van der Waals surface area contributed by atoms with E-state index in [9.17, 15) is 9.59 Å². The van der Waals surface area contributed by atoms with E-state index in [-0.39, 0.29) is 5.03 Å². The van der Waals surface area contributed by atoms with Crippen LogP contribution in [0, 0.1) is 0 Å². The van der Waals surface area contributed by atoms with Gasteiger partial charge in [-0.15, -0.1) is 5.43 Å². The molecule has 0 aromatic carbocycles. The van der Waals surface area contributed by atoms with Gasteiger partial charge in [-0.3, -0.25) is 9.59 Å². The minimum absolute atomic E-state index is 0.154. The number of rotatable bonds is 0. The SMILES string of the molecule is O=C1C=C(Cl)C(=O)[N]N1. The van der Waals surface area contributed by atoms with Crippen LogP contribution in [0.2, 0.25) is 0 Å². The van der Waals surface area contributed by atoms with Crippen LogP contribution >= 0.6 is 11.6 Å². The van der Waals surface area contributed by atoms with Crippen LogP contribution in [0.5, 0.6) is 0 Å². The van der Waals surface area contributed by atoms with Gasteiger partial charge in [-0.05, 0) is 0 Å². The quantitative estimate of drug-likeness (QED) is 0.489. The van der Waals surface area contributed by atoms with Crippen molar-refractivity contribution < 1.29 is 9.59 Å². The minimum atomic E-state index is -0.615. The number of hydrogen-bond donors (Lipinski definition) is 1. The molecule has 0 aliphatic carbocycles. The molecule has 2 amide bonds. The summed E-state index contributed by atoms with van der Waals surface area (Å²) in [6, 6.07) is 0. The van der Waals surface area contributed by atoms with Crippen molar-refractivity contribution in [3.63, 3.8) is 0 Å². The van der Waals surface area contributed by atoms with Gasteiger partial charge in [0.15, 0.2) is 0 Å². The normalized spacial score (nSPS) is 18.1. The van der Waals surface area contributed by atoms with Gasteiger partial charge in [0.25, 0.3) is 5.91 Å². The van der Waals surface area contributed by atoms with Gasteiger partial charge >= 0.3 is 5.91 Å². The summed E-state index contributed by atoms with van der Waals surface area (Å²) in [5, 5.41) is -0.154. The maximum Gasteiger partial charge on any atom is 0.305 e. The highest BCUT2D eigenvalue weighted by atomic mass is 35.5. The van der Waals surface area contributed by atoms with E-state index in [1.807, 2.05) is 5.43 Å². The van der Waals surface area contributed by atoms with E-state index < -0.39 is 11.8 Å². The minimum Gasteiger partial charge on any atom is -0.268 e. The highest BCUT2D eigenvalue weighted by molar-refractivity contribution is 6.43. The topological polar surface area (TPSA) is 60.3 Å². The summed E-state index contributed by atoms with van der Waals surface area (Å²) in [7, 11) is 0. The molecule has 47 valence electrons. The molecule has 4 nitrogen and oxygen atoms in total. The molecule has 1 rings (SSSR count). The third-order valence-corrected chi connectivity index (χ3v) is 1.00. The molecule has 0 aromatic rings. The van der Waals surface area contributed by atoms with Crippen LogP contribution < -0.4 is 10.9 Å². The number of nitrogens with zero attached hydrogens (tertiary/aromatic N) is 1. The van der Waals surface area contributed by atoms with Gasteiger partial charge in [0.1, 0.15) is 5.03 Å². The van der Waals surface area contributed by atoms with Gasteiger partial charge in [-0.1, -0.05) is 11.6 Å². The third-order valence-electron chi connectivity index (χ3n) is 0.730. The number of nitrogens with one attached hydrogen (secondary N) is 1. The van der Waals surface area contributed by atoms with E-state index in [1.165, 1.54) is 0 Å². The van der Waals surface area contributed by atoms with Crippen LogP contribution in [0.1, 0.15) is 0 Å². The highest BCUT2D eigenvalue weighted by Crippen LogP contribution is 2.02. The van der Waals surface area contributed by atoms with E-state index in [0.717, 1.165) is 6.08 Å². The zero-order valence-corrected chi connectivity index (χ0v) is 4.97. The molecule has 0 aromatic heterocycles. The second-order valence-corrected chi connectivity index (χ2v) is 1.79. The summed E-state index contributed by atoms with van der Waals surface area (Å²) in [6.45, 7) is 0. The lowest BCUT2D eigenvalue weighted by Crippen LogP contribution is -2.38. The Morgan fingerprint density at radius 3 is 2.67 bits per heavy atom. The molecule has 5 heteroatoms. The first-order valence-corrected chi connectivity index (χ1v) is 2.50. The second-order valence-electron chi connectivity index (χ2n) is 1.39. The van der Waals surface area contributed by atoms with Crippen molar-refractivity contribution >= 4 is 23.4 Å². The molecule has 0 atom stereocenters. The first-order valence-electron chi connectivity index (χ1n) is 2.12. The Balaban J connectivity index is 2.84.